The van der Waals surface area contributed by atoms with Crippen LogP contribution in [0, 0.1) is 11.3 Å². The number of benzene rings is 1. The van der Waals surface area contributed by atoms with E-state index in [1.807, 2.05) is 30.3 Å². The standard InChI is InChI=1S/C9H8N2/c10-6-2-4-8-3-1-5-9(11)7-8/h1-5,7H,11H2/b4-2+. The summed E-state index contributed by atoms with van der Waals surface area (Å²) in [4.78, 5) is 0. The highest BCUT2D eigenvalue weighted by Gasteiger charge is 1.85. The molecule has 0 spiro atoms. The predicted octanol–water partition coefficient (Wildman–Crippen LogP) is 1.81. The second kappa shape index (κ2) is 3.43. The van der Waals surface area contributed by atoms with Gasteiger partial charge < -0.3 is 5.73 Å². The largest absolute Gasteiger partial charge is 0.399 e. The van der Waals surface area contributed by atoms with Crippen molar-refractivity contribution >= 4 is 11.8 Å². The Labute approximate surface area is 65.6 Å². The first-order valence-electron chi connectivity index (χ1n) is 3.24. The van der Waals surface area contributed by atoms with E-state index in [1.54, 1.807) is 6.08 Å². The number of rotatable bonds is 1. The molecule has 11 heavy (non-hydrogen) atoms. The van der Waals surface area contributed by atoms with Gasteiger partial charge in [0.2, 0.25) is 0 Å². The highest BCUT2D eigenvalue weighted by Crippen LogP contribution is 2.07. The van der Waals surface area contributed by atoms with E-state index in [-0.39, 0.29) is 0 Å². The van der Waals surface area contributed by atoms with Crippen molar-refractivity contribution in [2.75, 3.05) is 5.73 Å². The van der Waals surface area contributed by atoms with Crippen molar-refractivity contribution in [3.05, 3.63) is 35.9 Å². The first-order chi connectivity index (χ1) is 5.33. The fraction of sp³-hybridized carbons (Fsp3) is 0. The number of hydrogen-bond acceptors (Lipinski definition) is 2. The van der Waals surface area contributed by atoms with Crippen LogP contribution in [-0.2, 0) is 0 Å². The maximum atomic E-state index is 8.23. The maximum absolute atomic E-state index is 8.23. The molecule has 0 heterocycles. The summed E-state index contributed by atoms with van der Waals surface area (Å²) in [5.74, 6) is 0. The lowest BCUT2D eigenvalue weighted by atomic mass is 10.2. The molecule has 0 aliphatic rings. The minimum atomic E-state index is 0.713. The topological polar surface area (TPSA) is 49.8 Å². The second-order valence-electron chi connectivity index (χ2n) is 2.13. The molecule has 0 amide bonds. The molecule has 1 aromatic carbocycles. The van der Waals surface area contributed by atoms with Gasteiger partial charge in [-0.3, -0.25) is 0 Å². The summed E-state index contributed by atoms with van der Waals surface area (Å²) in [7, 11) is 0. The van der Waals surface area contributed by atoms with Gasteiger partial charge in [0, 0.05) is 11.8 Å². The average Bonchev–Trinajstić information content (AvgIpc) is 2.01. The smallest absolute Gasteiger partial charge is 0.0912 e. The molecule has 0 radical (unpaired) electrons. The van der Waals surface area contributed by atoms with Crippen LogP contribution in [-0.4, -0.2) is 0 Å². The number of anilines is 1. The molecule has 54 valence electrons. The Hall–Kier alpha value is -1.75. The molecule has 0 aliphatic carbocycles. The third-order valence-corrected chi connectivity index (χ3v) is 1.26. The Bertz CT molecular complexity index is 308. The Kier molecular flexibility index (Phi) is 2.29. The van der Waals surface area contributed by atoms with Crippen molar-refractivity contribution in [2.45, 2.75) is 0 Å². The van der Waals surface area contributed by atoms with E-state index >= 15 is 0 Å². The molecule has 0 unspecified atom stereocenters. The molecule has 1 rings (SSSR count). The van der Waals surface area contributed by atoms with Crippen molar-refractivity contribution < 1.29 is 0 Å². The van der Waals surface area contributed by atoms with Crippen LogP contribution in [0.5, 0.6) is 0 Å². The van der Waals surface area contributed by atoms with Crippen LogP contribution in [0.1, 0.15) is 5.56 Å². The molecule has 2 heteroatoms. The Morgan fingerprint density at radius 3 is 2.91 bits per heavy atom. The Balaban J connectivity index is 2.90. The third-order valence-electron chi connectivity index (χ3n) is 1.26. The van der Waals surface area contributed by atoms with Gasteiger partial charge in [0.1, 0.15) is 0 Å². The molecule has 0 aliphatic heterocycles. The summed E-state index contributed by atoms with van der Waals surface area (Å²) < 4.78 is 0. The lowest BCUT2D eigenvalue weighted by molar-refractivity contribution is 1.53. The van der Waals surface area contributed by atoms with Crippen molar-refractivity contribution in [3.8, 4) is 6.07 Å². The first-order valence-corrected chi connectivity index (χ1v) is 3.24. The van der Waals surface area contributed by atoms with E-state index in [2.05, 4.69) is 0 Å². The van der Waals surface area contributed by atoms with Gasteiger partial charge in [-0.1, -0.05) is 12.1 Å². The molecule has 0 atom stereocenters. The zero-order chi connectivity index (χ0) is 8.10. The minimum Gasteiger partial charge on any atom is -0.399 e. The molecule has 1 aromatic rings. The summed E-state index contributed by atoms with van der Waals surface area (Å²) in [6.45, 7) is 0. The lowest BCUT2D eigenvalue weighted by Crippen LogP contribution is -1.83. The summed E-state index contributed by atoms with van der Waals surface area (Å²) in [6.07, 6.45) is 3.14. The molecule has 2 nitrogen and oxygen atoms in total. The van der Waals surface area contributed by atoms with Crippen molar-refractivity contribution in [3.63, 3.8) is 0 Å². The van der Waals surface area contributed by atoms with Gasteiger partial charge in [-0.05, 0) is 23.8 Å². The number of nitrogens with two attached hydrogens (primary N) is 1. The van der Waals surface area contributed by atoms with Gasteiger partial charge in [0.05, 0.1) is 6.07 Å². The summed E-state index contributed by atoms with van der Waals surface area (Å²) in [5.41, 5.74) is 7.18. The highest BCUT2D eigenvalue weighted by molar-refractivity contribution is 5.56. The van der Waals surface area contributed by atoms with Crippen LogP contribution < -0.4 is 5.73 Å². The van der Waals surface area contributed by atoms with Crippen molar-refractivity contribution in [1.29, 1.82) is 5.26 Å². The molecule has 0 fully saturated rings. The molecular weight excluding hydrogens is 136 g/mol. The van der Waals surface area contributed by atoms with Gasteiger partial charge in [0.15, 0.2) is 0 Å². The Morgan fingerprint density at radius 2 is 2.27 bits per heavy atom. The first kappa shape index (κ1) is 7.36. The van der Waals surface area contributed by atoms with Crippen LogP contribution in [0.2, 0.25) is 0 Å². The molecule has 0 saturated carbocycles. The zero-order valence-corrected chi connectivity index (χ0v) is 5.99. The number of nitrogen functional groups attached to an aromatic ring is 1. The number of allylic oxidation sites excluding steroid dienone is 1. The number of nitrogens with zero attached hydrogens (tertiary/aromatic N) is 1. The zero-order valence-electron chi connectivity index (χ0n) is 5.99. The molecule has 2 N–H and O–H groups in total. The molecule has 0 saturated heterocycles. The molecule has 0 aromatic heterocycles. The van der Waals surface area contributed by atoms with Crippen LogP contribution in [0.4, 0.5) is 5.69 Å². The molecular formula is C9H8N2. The number of nitriles is 1. The van der Waals surface area contributed by atoms with Gasteiger partial charge in [-0.25, -0.2) is 0 Å². The van der Waals surface area contributed by atoms with E-state index < -0.39 is 0 Å². The van der Waals surface area contributed by atoms with Gasteiger partial charge >= 0.3 is 0 Å². The highest BCUT2D eigenvalue weighted by atomic mass is 14.5. The minimum absolute atomic E-state index is 0.713. The van der Waals surface area contributed by atoms with Crippen LogP contribution >= 0.6 is 0 Å². The molecule has 0 bridgehead atoms. The maximum Gasteiger partial charge on any atom is 0.0912 e. The fourth-order valence-electron chi connectivity index (χ4n) is 0.796. The second-order valence-corrected chi connectivity index (χ2v) is 2.13. The van der Waals surface area contributed by atoms with Gasteiger partial charge in [-0.15, -0.1) is 0 Å². The van der Waals surface area contributed by atoms with E-state index in [1.165, 1.54) is 6.08 Å². The van der Waals surface area contributed by atoms with Crippen molar-refractivity contribution in [1.82, 2.24) is 0 Å². The monoisotopic (exact) mass is 144 g/mol. The number of hydrogen-bond donors (Lipinski definition) is 1. The Morgan fingerprint density at radius 1 is 1.45 bits per heavy atom. The predicted molar refractivity (Wildman–Crippen MR) is 45.5 cm³/mol. The van der Waals surface area contributed by atoms with E-state index in [0.717, 1.165) is 5.56 Å². The van der Waals surface area contributed by atoms with Gasteiger partial charge in [-0.2, -0.15) is 5.26 Å². The van der Waals surface area contributed by atoms with Crippen molar-refractivity contribution in [2.24, 2.45) is 0 Å². The van der Waals surface area contributed by atoms with Crippen LogP contribution in [0.3, 0.4) is 0 Å². The van der Waals surface area contributed by atoms with E-state index in [4.69, 9.17) is 11.0 Å². The van der Waals surface area contributed by atoms with Gasteiger partial charge in [0.25, 0.3) is 0 Å². The lowest BCUT2D eigenvalue weighted by Gasteiger charge is -1.93. The van der Waals surface area contributed by atoms with Crippen LogP contribution in [0.15, 0.2) is 30.3 Å². The summed E-state index contributed by atoms with van der Waals surface area (Å²) in [5, 5.41) is 8.23. The van der Waals surface area contributed by atoms with E-state index in [9.17, 15) is 0 Å². The summed E-state index contributed by atoms with van der Waals surface area (Å²) >= 11 is 0. The summed E-state index contributed by atoms with van der Waals surface area (Å²) in [6, 6.07) is 9.28. The fourth-order valence-corrected chi connectivity index (χ4v) is 0.796. The average molecular weight is 144 g/mol. The normalized spacial score (nSPS) is 9.73. The van der Waals surface area contributed by atoms with E-state index in [0.29, 0.717) is 5.69 Å². The van der Waals surface area contributed by atoms with Crippen LogP contribution in [0.25, 0.3) is 6.08 Å². The quantitative estimate of drug-likeness (QED) is 0.482. The third kappa shape index (κ3) is 2.15. The SMILES string of the molecule is N#C/C=C/c1cccc(N)c1.